The summed E-state index contributed by atoms with van der Waals surface area (Å²) in [6.45, 7) is 1.69. The highest BCUT2D eigenvalue weighted by molar-refractivity contribution is 9.10. The molecule has 0 fully saturated rings. The van der Waals surface area contributed by atoms with E-state index in [1.807, 2.05) is 31.2 Å². The maximum Gasteiger partial charge on any atom is 0.267 e. The maximum atomic E-state index is 12.1. The van der Waals surface area contributed by atoms with Crippen molar-refractivity contribution in [2.75, 3.05) is 5.32 Å². The van der Waals surface area contributed by atoms with E-state index in [4.69, 9.17) is 0 Å². The number of nitrogens with one attached hydrogen (secondary N) is 1. The van der Waals surface area contributed by atoms with Gasteiger partial charge in [-0.1, -0.05) is 28.1 Å². The van der Waals surface area contributed by atoms with Crippen LogP contribution in [0.2, 0.25) is 0 Å². The summed E-state index contributed by atoms with van der Waals surface area (Å²) in [6.07, 6.45) is 0. The molecule has 8 heteroatoms. The molecule has 0 saturated carbocycles. The van der Waals surface area contributed by atoms with Crippen LogP contribution < -0.4 is 10.9 Å². The van der Waals surface area contributed by atoms with Gasteiger partial charge in [0.15, 0.2) is 0 Å². The van der Waals surface area contributed by atoms with Gasteiger partial charge in [-0.15, -0.1) is 0 Å². The smallest absolute Gasteiger partial charge is 0.267 e. The van der Waals surface area contributed by atoms with E-state index in [2.05, 4.69) is 30.7 Å². The number of hydrogen-bond donors (Lipinski definition) is 1. The number of hydrogen-bond acceptors (Lipinski definition) is 5. The zero-order valence-electron chi connectivity index (χ0n) is 12.7. The molecule has 1 N–H and O–H groups in total. The number of anilines is 1. The minimum atomic E-state index is -0.327. The number of aryl methyl sites for hydroxylation is 1. The first kappa shape index (κ1) is 16.5. The molecule has 6 nitrogen and oxygen atoms in total. The molecule has 2 heterocycles. The zero-order chi connectivity index (χ0) is 17.1. The first-order chi connectivity index (χ1) is 11.5. The molecule has 0 aliphatic carbocycles. The molecule has 0 aliphatic heterocycles. The number of carbonyl (C=O) groups excluding carboxylic acids is 1. The highest BCUT2D eigenvalue weighted by Gasteiger charge is 2.09. The van der Waals surface area contributed by atoms with Gasteiger partial charge in [-0.05, 0) is 42.7 Å². The lowest BCUT2D eigenvalue weighted by Crippen LogP contribution is -2.29. The van der Waals surface area contributed by atoms with Crippen LogP contribution in [0.25, 0.3) is 11.3 Å². The summed E-state index contributed by atoms with van der Waals surface area (Å²) in [5.74, 6) is -0.318. The van der Waals surface area contributed by atoms with Crippen LogP contribution in [0.3, 0.4) is 0 Å². The van der Waals surface area contributed by atoms with Crippen LogP contribution in [-0.2, 0) is 11.3 Å². The van der Waals surface area contributed by atoms with Gasteiger partial charge < -0.3 is 5.32 Å². The van der Waals surface area contributed by atoms with Crippen LogP contribution in [0.5, 0.6) is 0 Å². The predicted molar refractivity (Wildman–Crippen MR) is 97.1 cm³/mol. The van der Waals surface area contributed by atoms with Gasteiger partial charge in [0, 0.05) is 16.1 Å². The highest BCUT2D eigenvalue weighted by Crippen LogP contribution is 2.19. The monoisotopic (exact) mass is 404 g/mol. The summed E-state index contributed by atoms with van der Waals surface area (Å²) in [7, 11) is 0. The van der Waals surface area contributed by atoms with E-state index in [1.165, 1.54) is 17.6 Å². The number of nitrogens with zero attached hydrogens (tertiary/aromatic N) is 3. The molecule has 0 saturated heterocycles. The third-order valence-electron chi connectivity index (χ3n) is 3.19. The normalized spacial score (nSPS) is 10.6. The summed E-state index contributed by atoms with van der Waals surface area (Å²) < 4.78 is 6.20. The van der Waals surface area contributed by atoms with Crippen LogP contribution in [0.1, 0.15) is 5.69 Å². The van der Waals surface area contributed by atoms with Crippen molar-refractivity contribution >= 4 is 38.4 Å². The third-order valence-corrected chi connectivity index (χ3v) is 4.52. The standard InChI is InChI=1S/C16H13BrN4O2S/c1-10-8-15(24-20-10)18-14(22)9-21-16(23)7-6-13(19-21)11-2-4-12(17)5-3-11/h2-8H,9H2,1H3,(H,18,22). The first-order valence-corrected chi connectivity index (χ1v) is 8.65. The molecule has 0 aliphatic rings. The van der Waals surface area contributed by atoms with Crippen LogP contribution in [0.4, 0.5) is 5.00 Å². The van der Waals surface area contributed by atoms with E-state index in [1.54, 1.807) is 12.1 Å². The number of halogens is 1. The van der Waals surface area contributed by atoms with E-state index in [0.29, 0.717) is 10.7 Å². The van der Waals surface area contributed by atoms with Crippen LogP contribution in [0.15, 0.2) is 51.7 Å². The van der Waals surface area contributed by atoms with Crippen molar-refractivity contribution in [1.82, 2.24) is 14.2 Å². The lowest BCUT2D eigenvalue weighted by atomic mass is 10.1. The predicted octanol–water partition coefficient (Wildman–Crippen LogP) is 3.08. The molecule has 0 spiro atoms. The Morgan fingerprint density at radius 3 is 2.67 bits per heavy atom. The van der Waals surface area contributed by atoms with E-state index in [-0.39, 0.29) is 18.0 Å². The summed E-state index contributed by atoms with van der Waals surface area (Å²) in [6, 6.07) is 12.4. The molecule has 0 radical (unpaired) electrons. The molecule has 0 bridgehead atoms. The van der Waals surface area contributed by atoms with Gasteiger partial charge in [0.05, 0.1) is 11.4 Å². The summed E-state index contributed by atoms with van der Waals surface area (Å²) in [5.41, 5.74) is 2.00. The van der Waals surface area contributed by atoms with Crippen molar-refractivity contribution in [3.63, 3.8) is 0 Å². The fraction of sp³-hybridized carbons (Fsp3) is 0.125. The second kappa shape index (κ2) is 7.06. The summed E-state index contributed by atoms with van der Waals surface area (Å²) in [4.78, 5) is 24.0. The van der Waals surface area contributed by atoms with E-state index < -0.39 is 0 Å². The average molecular weight is 405 g/mol. The van der Waals surface area contributed by atoms with Gasteiger partial charge >= 0.3 is 0 Å². The minimum Gasteiger partial charge on any atom is -0.315 e. The molecular weight excluding hydrogens is 392 g/mol. The van der Waals surface area contributed by atoms with E-state index in [0.717, 1.165) is 20.4 Å². The summed E-state index contributed by atoms with van der Waals surface area (Å²) in [5, 5.41) is 7.64. The number of amides is 1. The molecule has 2 aromatic heterocycles. The number of rotatable bonds is 4. The van der Waals surface area contributed by atoms with E-state index in [9.17, 15) is 9.59 Å². The molecular formula is C16H13BrN4O2S. The second-order valence-corrected chi connectivity index (χ2v) is 6.82. The molecule has 0 atom stereocenters. The van der Waals surface area contributed by atoms with Crippen LogP contribution >= 0.6 is 27.5 Å². The Bertz CT molecular complexity index is 934. The fourth-order valence-electron chi connectivity index (χ4n) is 2.07. The lowest BCUT2D eigenvalue weighted by molar-refractivity contribution is -0.116. The lowest BCUT2D eigenvalue weighted by Gasteiger charge is -2.07. The van der Waals surface area contributed by atoms with E-state index >= 15 is 0 Å². The van der Waals surface area contributed by atoms with Gasteiger partial charge in [0.2, 0.25) is 5.91 Å². The highest BCUT2D eigenvalue weighted by atomic mass is 79.9. The molecule has 3 rings (SSSR count). The van der Waals surface area contributed by atoms with Gasteiger partial charge in [-0.2, -0.15) is 9.47 Å². The maximum absolute atomic E-state index is 12.1. The second-order valence-electron chi connectivity index (χ2n) is 5.10. The van der Waals surface area contributed by atoms with Crippen LogP contribution in [0, 0.1) is 6.92 Å². The quantitative estimate of drug-likeness (QED) is 0.724. The van der Waals surface area contributed by atoms with Crippen molar-refractivity contribution in [3.8, 4) is 11.3 Å². The SMILES string of the molecule is Cc1cc(NC(=O)Cn2nc(-c3ccc(Br)cc3)ccc2=O)sn1. The Hall–Kier alpha value is -2.32. The number of aromatic nitrogens is 3. The third kappa shape index (κ3) is 3.95. The Morgan fingerprint density at radius 1 is 1.25 bits per heavy atom. The van der Waals surface area contributed by atoms with Gasteiger partial charge in [-0.3, -0.25) is 9.59 Å². The fourth-order valence-corrected chi connectivity index (χ4v) is 3.01. The number of carbonyl (C=O) groups is 1. The summed E-state index contributed by atoms with van der Waals surface area (Å²) >= 11 is 4.58. The van der Waals surface area contributed by atoms with Gasteiger partial charge in [-0.25, -0.2) is 4.68 Å². The Morgan fingerprint density at radius 2 is 2.00 bits per heavy atom. The Labute approximate surface area is 150 Å². The Kier molecular flexibility index (Phi) is 4.86. The molecule has 24 heavy (non-hydrogen) atoms. The van der Waals surface area contributed by atoms with Crippen LogP contribution in [-0.4, -0.2) is 20.1 Å². The van der Waals surface area contributed by atoms with Crippen molar-refractivity contribution in [1.29, 1.82) is 0 Å². The minimum absolute atomic E-state index is 0.153. The topological polar surface area (TPSA) is 76.9 Å². The largest absolute Gasteiger partial charge is 0.315 e. The van der Waals surface area contributed by atoms with Gasteiger partial charge in [0.25, 0.3) is 5.56 Å². The molecule has 1 amide bonds. The van der Waals surface area contributed by atoms with Gasteiger partial charge in [0.1, 0.15) is 11.5 Å². The average Bonchev–Trinajstić information content (AvgIpc) is 2.95. The number of benzene rings is 1. The molecule has 0 unspecified atom stereocenters. The van der Waals surface area contributed by atoms with Crippen molar-refractivity contribution in [3.05, 3.63) is 63.0 Å². The zero-order valence-corrected chi connectivity index (χ0v) is 15.1. The molecule has 122 valence electrons. The van der Waals surface area contributed by atoms with Crippen molar-refractivity contribution < 1.29 is 4.79 Å². The molecule has 3 aromatic rings. The van der Waals surface area contributed by atoms with Crippen molar-refractivity contribution in [2.45, 2.75) is 13.5 Å². The first-order valence-electron chi connectivity index (χ1n) is 7.08. The molecule has 1 aromatic carbocycles. The van der Waals surface area contributed by atoms with Crippen molar-refractivity contribution in [2.24, 2.45) is 0 Å². The Balaban J connectivity index is 1.80.